The fraction of sp³-hybridized carbons (Fsp3) is 0.385. The molecule has 0 saturated heterocycles. The average Bonchev–Trinajstić information content (AvgIpc) is 3.45. The molecule has 1 N–H and O–H groups in total. The van der Waals surface area contributed by atoms with Crippen LogP contribution < -0.4 is 5.69 Å². The molecule has 0 aliphatic rings. The van der Waals surface area contributed by atoms with E-state index in [2.05, 4.69) is 77.9 Å². The van der Waals surface area contributed by atoms with Gasteiger partial charge in [0.2, 0.25) is 0 Å². The second-order valence-corrected chi connectivity index (χ2v) is 8.98. The molecular weight excluding hydrogens is 412 g/mol. The van der Waals surface area contributed by atoms with Crippen LogP contribution in [-0.4, -0.2) is 29.8 Å². The van der Waals surface area contributed by atoms with Crippen LogP contribution in [0, 0.1) is 5.92 Å². The van der Waals surface area contributed by atoms with Gasteiger partial charge in [0.1, 0.15) is 0 Å². The maximum atomic E-state index is 13.1. The van der Waals surface area contributed by atoms with Gasteiger partial charge in [-0.05, 0) is 45.9 Å². The van der Waals surface area contributed by atoms with Gasteiger partial charge in [0.05, 0.1) is 6.54 Å². The molecule has 0 amide bonds. The van der Waals surface area contributed by atoms with E-state index in [1.54, 1.807) is 0 Å². The van der Waals surface area contributed by atoms with E-state index in [9.17, 15) is 4.79 Å². The maximum absolute atomic E-state index is 13.1. The molecule has 0 aliphatic heterocycles. The van der Waals surface area contributed by atoms with Crippen molar-refractivity contribution in [2.24, 2.45) is 5.92 Å². The molecule has 0 bridgehead atoms. The van der Waals surface area contributed by atoms with E-state index < -0.39 is 0 Å². The van der Waals surface area contributed by atoms with E-state index in [0.717, 1.165) is 47.3 Å². The Labute approximate surface area is 194 Å². The highest BCUT2D eigenvalue weighted by Gasteiger charge is 2.14. The second kappa shape index (κ2) is 10.4. The van der Waals surface area contributed by atoms with Crippen molar-refractivity contribution in [1.29, 1.82) is 0 Å². The first-order chi connectivity index (χ1) is 16.1. The molecule has 7 heteroatoms. The first-order valence-electron chi connectivity index (χ1n) is 11.8. The normalized spacial score (nSPS) is 11.4. The van der Waals surface area contributed by atoms with Crippen molar-refractivity contribution in [3.63, 3.8) is 0 Å². The van der Waals surface area contributed by atoms with Gasteiger partial charge in [0.25, 0.3) is 0 Å². The summed E-state index contributed by atoms with van der Waals surface area (Å²) in [6.45, 7) is 7.83. The van der Waals surface area contributed by atoms with Crippen LogP contribution in [0.25, 0.3) is 22.5 Å². The number of H-pyrrole nitrogens is 1. The number of tetrazole rings is 1. The Bertz CT molecular complexity index is 1220. The van der Waals surface area contributed by atoms with E-state index in [1.165, 1.54) is 12.8 Å². The lowest BCUT2D eigenvalue weighted by Crippen LogP contribution is -2.26. The summed E-state index contributed by atoms with van der Waals surface area (Å²) in [6, 6.07) is 16.5. The van der Waals surface area contributed by atoms with Gasteiger partial charge in [-0.25, -0.2) is 9.89 Å². The summed E-state index contributed by atoms with van der Waals surface area (Å²) < 4.78 is 3.82. The van der Waals surface area contributed by atoms with Crippen molar-refractivity contribution in [2.75, 3.05) is 0 Å². The number of unbranched alkanes of at least 4 members (excludes halogenated alkanes) is 2. The van der Waals surface area contributed by atoms with Gasteiger partial charge in [0.15, 0.2) is 5.82 Å². The third kappa shape index (κ3) is 5.30. The van der Waals surface area contributed by atoms with Crippen molar-refractivity contribution < 1.29 is 0 Å². The Hall–Kier alpha value is -3.48. The van der Waals surface area contributed by atoms with Crippen LogP contribution in [0.3, 0.4) is 0 Å². The third-order valence-electron chi connectivity index (χ3n) is 5.86. The molecule has 0 spiro atoms. The number of aromatic amines is 1. The molecule has 172 valence electrons. The Morgan fingerprint density at radius 1 is 1.00 bits per heavy atom. The maximum Gasteiger partial charge on any atom is 0.328 e. The summed E-state index contributed by atoms with van der Waals surface area (Å²) in [5, 5.41) is 14.3. The Kier molecular flexibility index (Phi) is 7.17. The first kappa shape index (κ1) is 22.7. The summed E-state index contributed by atoms with van der Waals surface area (Å²) in [4.78, 5) is 13.1. The van der Waals surface area contributed by atoms with E-state index in [-0.39, 0.29) is 5.69 Å². The van der Waals surface area contributed by atoms with Gasteiger partial charge >= 0.3 is 5.69 Å². The van der Waals surface area contributed by atoms with Crippen LogP contribution in [0.1, 0.15) is 51.3 Å². The molecule has 2 aromatic heterocycles. The zero-order valence-electron chi connectivity index (χ0n) is 19.7. The highest BCUT2D eigenvalue weighted by Crippen LogP contribution is 2.29. The minimum atomic E-state index is 0.0856. The SMILES string of the molecule is CCCCCc1cn(CC(C)C)c(=O)n1Cc1ccc(-c2ccccc2-c2nnn[nH]2)cc1. The van der Waals surface area contributed by atoms with Crippen molar-refractivity contribution >= 4 is 0 Å². The summed E-state index contributed by atoms with van der Waals surface area (Å²) in [7, 11) is 0. The predicted octanol–water partition coefficient (Wildman–Crippen LogP) is 4.93. The molecule has 0 aliphatic carbocycles. The van der Waals surface area contributed by atoms with Gasteiger partial charge in [-0.3, -0.25) is 9.13 Å². The third-order valence-corrected chi connectivity index (χ3v) is 5.86. The van der Waals surface area contributed by atoms with E-state index in [0.29, 0.717) is 18.3 Å². The van der Waals surface area contributed by atoms with Gasteiger partial charge in [-0.1, -0.05) is 82.1 Å². The molecule has 4 aromatic rings. The number of hydrogen-bond donors (Lipinski definition) is 1. The lowest BCUT2D eigenvalue weighted by atomic mass is 9.98. The molecule has 33 heavy (non-hydrogen) atoms. The van der Waals surface area contributed by atoms with Gasteiger partial charge in [0, 0.05) is 24.0 Å². The number of imidazole rings is 1. The molecule has 0 unspecified atom stereocenters. The Morgan fingerprint density at radius 2 is 1.76 bits per heavy atom. The predicted molar refractivity (Wildman–Crippen MR) is 131 cm³/mol. The summed E-state index contributed by atoms with van der Waals surface area (Å²) >= 11 is 0. The average molecular weight is 445 g/mol. The molecule has 4 rings (SSSR count). The number of rotatable bonds is 10. The van der Waals surface area contributed by atoms with Crippen LogP contribution in [0.4, 0.5) is 0 Å². The van der Waals surface area contributed by atoms with Gasteiger partial charge in [-0.2, -0.15) is 0 Å². The summed E-state index contributed by atoms with van der Waals surface area (Å²) in [5.41, 5.74) is 5.42. The number of aromatic nitrogens is 6. The zero-order valence-corrected chi connectivity index (χ0v) is 19.7. The van der Waals surface area contributed by atoms with Crippen LogP contribution >= 0.6 is 0 Å². The van der Waals surface area contributed by atoms with Crippen molar-refractivity contribution in [3.05, 3.63) is 76.5 Å². The smallest absolute Gasteiger partial charge is 0.299 e. The molecule has 2 aromatic carbocycles. The van der Waals surface area contributed by atoms with Gasteiger partial charge < -0.3 is 0 Å². The number of hydrogen-bond acceptors (Lipinski definition) is 4. The van der Waals surface area contributed by atoms with Crippen LogP contribution in [0.5, 0.6) is 0 Å². The van der Waals surface area contributed by atoms with Crippen molar-refractivity contribution in [3.8, 4) is 22.5 Å². The topological polar surface area (TPSA) is 81.4 Å². The number of benzene rings is 2. The highest BCUT2D eigenvalue weighted by atomic mass is 16.1. The van der Waals surface area contributed by atoms with E-state index in [4.69, 9.17) is 0 Å². The van der Waals surface area contributed by atoms with E-state index >= 15 is 0 Å². The van der Waals surface area contributed by atoms with Crippen LogP contribution in [-0.2, 0) is 19.5 Å². The molecule has 0 fully saturated rings. The number of nitrogens with zero attached hydrogens (tertiary/aromatic N) is 5. The fourth-order valence-corrected chi connectivity index (χ4v) is 4.22. The zero-order chi connectivity index (χ0) is 23.2. The lowest BCUT2D eigenvalue weighted by Gasteiger charge is -2.10. The standard InChI is InChI=1S/C26H32N6O/c1-4-5-6-9-22-18-31(16-19(2)3)26(33)32(22)17-20-12-14-21(15-13-20)23-10-7-8-11-24(23)25-27-29-30-28-25/h7-8,10-15,18-19H,4-6,9,16-17H2,1-3H3,(H,27,28,29,30). The van der Waals surface area contributed by atoms with E-state index in [1.807, 2.05) is 27.3 Å². The molecule has 7 nitrogen and oxygen atoms in total. The minimum Gasteiger partial charge on any atom is -0.299 e. The largest absolute Gasteiger partial charge is 0.328 e. The minimum absolute atomic E-state index is 0.0856. The molecule has 0 atom stereocenters. The fourth-order valence-electron chi connectivity index (χ4n) is 4.22. The molecule has 0 radical (unpaired) electrons. The molecule has 2 heterocycles. The van der Waals surface area contributed by atoms with Gasteiger partial charge in [-0.15, -0.1) is 5.10 Å². The van der Waals surface area contributed by atoms with Crippen molar-refractivity contribution in [2.45, 2.75) is 59.5 Å². The van der Waals surface area contributed by atoms with Crippen molar-refractivity contribution in [1.82, 2.24) is 29.8 Å². The Morgan fingerprint density at radius 3 is 2.42 bits per heavy atom. The quantitative estimate of drug-likeness (QED) is 0.352. The highest BCUT2D eigenvalue weighted by molar-refractivity contribution is 5.80. The molecule has 0 saturated carbocycles. The summed E-state index contributed by atoms with van der Waals surface area (Å²) in [6.07, 6.45) is 6.45. The number of aryl methyl sites for hydroxylation is 1. The summed E-state index contributed by atoms with van der Waals surface area (Å²) in [5.74, 6) is 1.07. The first-order valence-corrected chi connectivity index (χ1v) is 11.8. The monoisotopic (exact) mass is 444 g/mol. The molecular formula is C26H32N6O. The number of nitrogens with one attached hydrogen (secondary N) is 1. The lowest BCUT2D eigenvalue weighted by molar-refractivity contribution is 0.503. The van der Waals surface area contributed by atoms with Crippen LogP contribution in [0.15, 0.2) is 59.5 Å². The van der Waals surface area contributed by atoms with Crippen LogP contribution in [0.2, 0.25) is 0 Å². The second-order valence-electron chi connectivity index (χ2n) is 8.98. The Balaban J connectivity index is 1.60.